The molecule has 1 aromatic carbocycles. The molecular weight excluding hydrogens is 346 g/mol. The van der Waals surface area contributed by atoms with Crippen molar-refractivity contribution in [2.24, 2.45) is 0 Å². The second kappa shape index (κ2) is 6.18. The molecule has 0 aliphatic heterocycles. The highest BCUT2D eigenvalue weighted by Gasteiger charge is 2.31. The number of amides is 1. The number of benzene rings is 1. The second-order valence-corrected chi connectivity index (χ2v) is 9.05. The van der Waals surface area contributed by atoms with Gasteiger partial charge in [0, 0.05) is 24.5 Å². The Bertz CT molecular complexity index is 888. The zero-order chi connectivity index (χ0) is 17.5. The van der Waals surface area contributed by atoms with Crippen LogP contribution in [0.15, 0.2) is 24.3 Å². The van der Waals surface area contributed by atoms with Crippen LogP contribution in [0.5, 0.6) is 0 Å². The lowest BCUT2D eigenvalue weighted by atomic mass is 9.94. The molecule has 3 rings (SSSR count). The smallest absolute Gasteiger partial charge is 0.246 e. The Morgan fingerprint density at radius 2 is 2.00 bits per heavy atom. The van der Waals surface area contributed by atoms with Gasteiger partial charge >= 0.3 is 0 Å². The largest absolute Gasteiger partial charge is 0.348 e. The summed E-state index contributed by atoms with van der Waals surface area (Å²) < 4.78 is 27.3. The maximum absolute atomic E-state index is 12.4. The zero-order valence-electron chi connectivity index (χ0n) is 13.7. The van der Waals surface area contributed by atoms with Crippen LogP contribution >= 0.6 is 11.3 Å². The molecule has 1 amide bonds. The van der Waals surface area contributed by atoms with Crippen molar-refractivity contribution in [3.8, 4) is 11.3 Å². The van der Waals surface area contributed by atoms with Gasteiger partial charge in [0.1, 0.15) is 0 Å². The van der Waals surface area contributed by atoms with E-state index in [0.29, 0.717) is 5.13 Å². The van der Waals surface area contributed by atoms with Crippen LogP contribution in [0.25, 0.3) is 11.3 Å². The van der Waals surface area contributed by atoms with E-state index in [0.717, 1.165) is 29.0 Å². The molecule has 0 spiro atoms. The van der Waals surface area contributed by atoms with Crippen molar-refractivity contribution in [1.29, 1.82) is 0 Å². The fraction of sp³-hybridized carbons (Fsp3) is 0.375. The molecule has 2 aromatic rings. The van der Waals surface area contributed by atoms with Crippen LogP contribution in [0.2, 0.25) is 0 Å². The maximum atomic E-state index is 12.4. The van der Waals surface area contributed by atoms with E-state index < -0.39 is 21.2 Å². The lowest BCUT2D eigenvalue weighted by Gasteiger charge is -2.17. The van der Waals surface area contributed by atoms with Gasteiger partial charge in [0.25, 0.3) is 0 Å². The molecule has 0 saturated heterocycles. The van der Waals surface area contributed by atoms with Gasteiger partial charge in [0.2, 0.25) is 15.9 Å². The maximum Gasteiger partial charge on any atom is 0.246 e. The number of aryl methyl sites for hydroxylation is 2. The van der Waals surface area contributed by atoms with Crippen LogP contribution < -0.4 is 4.72 Å². The van der Waals surface area contributed by atoms with E-state index in [1.807, 2.05) is 18.2 Å². The molecule has 0 fully saturated rings. The molecule has 128 valence electrons. The SMILES string of the molecule is CC(C(=O)N(C)C)S(=O)(=O)Nc1nc2c(s1)CCc1ccccc1-2. The topological polar surface area (TPSA) is 79.4 Å². The first-order valence-corrected chi connectivity index (χ1v) is 9.96. The van der Waals surface area contributed by atoms with E-state index in [-0.39, 0.29) is 0 Å². The molecule has 1 N–H and O–H groups in total. The Hall–Kier alpha value is -1.93. The average Bonchev–Trinajstić information content (AvgIpc) is 2.95. The summed E-state index contributed by atoms with van der Waals surface area (Å²) in [6.07, 6.45) is 1.77. The number of aromatic nitrogens is 1. The van der Waals surface area contributed by atoms with E-state index >= 15 is 0 Å². The summed E-state index contributed by atoms with van der Waals surface area (Å²) in [5.74, 6) is -0.464. The number of carbonyl (C=O) groups is 1. The molecule has 1 heterocycles. The van der Waals surface area contributed by atoms with Gasteiger partial charge in [-0.25, -0.2) is 13.4 Å². The number of nitrogens with one attached hydrogen (secondary N) is 1. The minimum atomic E-state index is -3.83. The third-order valence-corrected chi connectivity index (χ3v) is 6.84. The Morgan fingerprint density at radius 1 is 1.29 bits per heavy atom. The molecule has 24 heavy (non-hydrogen) atoms. The predicted molar refractivity (Wildman–Crippen MR) is 95.7 cm³/mol. The fourth-order valence-corrected chi connectivity index (χ4v) is 4.98. The second-order valence-electron chi connectivity index (χ2n) is 5.97. The van der Waals surface area contributed by atoms with Crippen molar-refractivity contribution >= 4 is 32.4 Å². The highest BCUT2D eigenvalue weighted by molar-refractivity contribution is 7.94. The van der Waals surface area contributed by atoms with Crippen LogP contribution in [-0.4, -0.2) is 43.6 Å². The summed E-state index contributed by atoms with van der Waals surface area (Å²) >= 11 is 1.34. The summed E-state index contributed by atoms with van der Waals surface area (Å²) in [6, 6.07) is 8.02. The van der Waals surface area contributed by atoms with E-state index in [2.05, 4.69) is 15.8 Å². The van der Waals surface area contributed by atoms with E-state index in [9.17, 15) is 13.2 Å². The van der Waals surface area contributed by atoms with Gasteiger partial charge in [-0.3, -0.25) is 9.52 Å². The van der Waals surface area contributed by atoms with Crippen molar-refractivity contribution in [3.63, 3.8) is 0 Å². The molecule has 1 aliphatic carbocycles. The normalized spacial score (nSPS) is 14.5. The quantitative estimate of drug-likeness (QED) is 0.900. The molecule has 8 heteroatoms. The lowest BCUT2D eigenvalue weighted by Crippen LogP contribution is -2.39. The highest BCUT2D eigenvalue weighted by atomic mass is 32.2. The third-order valence-electron chi connectivity index (χ3n) is 4.07. The van der Waals surface area contributed by atoms with Crippen LogP contribution in [0.1, 0.15) is 17.4 Å². The summed E-state index contributed by atoms with van der Waals surface area (Å²) in [5, 5.41) is -0.851. The van der Waals surface area contributed by atoms with E-state index in [1.165, 1.54) is 42.8 Å². The number of nitrogens with zero attached hydrogens (tertiary/aromatic N) is 2. The number of carbonyl (C=O) groups excluding carboxylic acids is 1. The first-order valence-electron chi connectivity index (χ1n) is 7.60. The number of thiazole rings is 1. The fourth-order valence-electron chi connectivity index (χ4n) is 2.70. The van der Waals surface area contributed by atoms with Gasteiger partial charge in [0.15, 0.2) is 10.4 Å². The van der Waals surface area contributed by atoms with Gasteiger partial charge in [-0.2, -0.15) is 0 Å². The Balaban J connectivity index is 1.89. The summed E-state index contributed by atoms with van der Waals surface area (Å²) in [5.41, 5.74) is 3.12. The van der Waals surface area contributed by atoms with Crippen LogP contribution in [0.4, 0.5) is 5.13 Å². The van der Waals surface area contributed by atoms with Gasteiger partial charge in [0.05, 0.1) is 5.69 Å². The molecule has 6 nitrogen and oxygen atoms in total. The first kappa shape index (κ1) is 16.9. The summed E-state index contributed by atoms with van der Waals surface area (Å²) in [7, 11) is -0.757. The van der Waals surface area contributed by atoms with Crippen molar-refractivity contribution in [1.82, 2.24) is 9.88 Å². The minimum Gasteiger partial charge on any atom is -0.348 e. The zero-order valence-corrected chi connectivity index (χ0v) is 15.4. The van der Waals surface area contributed by atoms with E-state index in [4.69, 9.17) is 0 Å². The third kappa shape index (κ3) is 3.03. The van der Waals surface area contributed by atoms with Crippen molar-refractivity contribution in [3.05, 3.63) is 34.7 Å². The molecule has 1 atom stereocenters. The van der Waals surface area contributed by atoms with Gasteiger partial charge < -0.3 is 4.90 Å². The number of anilines is 1. The summed E-state index contributed by atoms with van der Waals surface area (Å²) in [4.78, 5) is 18.7. The lowest BCUT2D eigenvalue weighted by molar-refractivity contribution is -0.127. The molecule has 1 unspecified atom stereocenters. The average molecular weight is 365 g/mol. The van der Waals surface area contributed by atoms with Crippen LogP contribution in [-0.2, 0) is 27.7 Å². The Morgan fingerprint density at radius 3 is 2.71 bits per heavy atom. The Kier molecular flexibility index (Phi) is 4.35. The van der Waals surface area contributed by atoms with E-state index in [1.54, 1.807) is 0 Å². The number of rotatable bonds is 4. The highest BCUT2D eigenvalue weighted by Crippen LogP contribution is 2.38. The van der Waals surface area contributed by atoms with Gasteiger partial charge in [-0.05, 0) is 25.3 Å². The van der Waals surface area contributed by atoms with Crippen molar-refractivity contribution in [2.45, 2.75) is 25.0 Å². The molecule has 0 bridgehead atoms. The van der Waals surface area contributed by atoms with Crippen molar-refractivity contribution in [2.75, 3.05) is 18.8 Å². The predicted octanol–water partition coefficient (Wildman–Crippen LogP) is 2.13. The number of hydrogen-bond acceptors (Lipinski definition) is 5. The standard InChI is InChI=1S/C16H19N3O3S2/c1-10(15(20)19(2)3)24(21,22)18-16-17-14-12-7-5-4-6-11(12)8-9-13(14)23-16/h4-7,10H,8-9H2,1-3H3,(H,17,18). The van der Waals surface area contributed by atoms with Gasteiger partial charge in [-0.15, -0.1) is 11.3 Å². The minimum absolute atomic E-state index is 0.315. The first-order chi connectivity index (χ1) is 11.3. The number of sulfonamides is 1. The van der Waals surface area contributed by atoms with Crippen LogP contribution in [0, 0.1) is 0 Å². The van der Waals surface area contributed by atoms with Crippen molar-refractivity contribution < 1.29 is 13.2 Å². The van der Waals surface area contributed by atoms with Crippen LogP contribution in [0.3, 0.4) is 0 Å². The monoisotopic (exact) mass is 365 g/mol. The molecule has 1 aromatic heterocycles. The number of hydrogen-bond donors (Lipinski definition) is 1. The molecule has 0 saturated carbocycles. The number of fused-ring (bicyclic) bond motifs is 3. The summed E-state index contributed by atoms with van der Waals surface area (Å²) in [6.45, 7) is 1.38. The molecule has 1 aliphatic rings. The molecule has 0 radical (unpaired) electrons. The molecular formula is C16H19N3O3S2. The Labute approximate surface area is 145 Å². The van der Waals surface area contributed by atoms with Gasteiger partial charge in [-0.1, -0.05) is 24.3 Å².